The van der Waals surface area contributed by atoms with Crippen molar-refractivity contribution >= 4 is 5.91 Å². The number of rotatable bonds is 6. The van der Waals surface area contributed by atoms with Crippen molar-refractivity contribution in [3.05, 3.63) is 0 Å². The van der Waals surface area contributed by atoms with E-state index >= 15 is 0 Å². The van der Waals surface area contributed by atoms with Crippen LogP contribution in [0.25, 0.3) is 0 Å². The van der Waals surface area contributed by atoms with Gasteiger partial charge in [-0.3, -0.25) is 4.79 Å². The lowest BCUT2D eigenvalue weighted by molar-refractivity contribution is -0.123. The summed E-state index contributed by atoms with van der Waals surface area (Å²) in [4.78, 5) is 11.4. The van der Waals surface area contributed by atoms with Crippen LogP contribution in [-0.2, 0) is 4.79 Å². The molecular weight excluding hydrogens is 180 g/mol. The van der Waals surface area contributed by atoms with Crippen molar-refractivity contribution in [1.29, 1.82) is 0 Å². The number of aliphatic hydroxyl groups excluding tert-OH is 1. The molecule has 1 aliphatic rings. The Morgan fingerprint density at radius 3 is 2.86 bits per heavy atom. The molecule has 1 heterocycles. The average molecular weight is 200 g/mol. The van der Waals surface area contributed by atoms with Crippen molar-refractivity contribution in [2.24, 2.45) is 5.92 Å². The summed E-state index contributed by atoms with van der Waals surface area (Å²) in [5.74, 6) is 0.669. The highest BCUT2D eigenvalue weighted by Gasteiger charge is 2.20. The highest BCUT2D eigenvalue weighted by Crippen LogP contribution is 2.08. The van der Waals surface area contributed by atoms with E-state index in [1.807, 2.05) is 6.92 Å². The third-order valence-electron chi connectivity index (χ3n) is 2.54. The first-order valence-corrected chi connectivity index (χ1v) is 5.33. The van der Waals surface area contributed by atoms with E-state index in [1.165, 1.54) is 0 Å². The zero-order valence-electron chi connectivity index (χ0n) is 8.75. The molecule has 1 atom stereocenters. The molecule has 0 aromatic rings. The molecule has 1 fully saturated rings. The van der Waals surface area contributed by atoms with Crippen LogP contribution >= 0.6 is 0 Å². The Morgan fingerprint density at radius 1 is 1.64 bits per heavy atom. The molecule has 1 aliphatic heterocycles. The molecule has 14 heavy (non-hydrogen) atoms. The Bertz CT molecular complexity index is 181. The van der Waals surface area contributed by atoms with Gasteiger partial charge in [0, 0.05) is 19.1 Å². The minimum atomic E-state index is 0.141. The van der Waals surface area contributed by atoms with Crippen molar-refractivity contribution in [3.8, 4) is 0 Å². The molecule has 4 nitrogen and oxygen atoms in total. The zero-order chi connectivity index (χ0) is 10.4. The fourth-order valence-electron chi connectivity index (χ4n) is 1.56. The molecule has 1 unspecified atom stereocenters. The van der Waals surface area contributed by atoms with Gasteiger partial charge >= 0.3 is 0 Å². The van der Waals surface area contributed by atoms with Crippen molar-refractivity contribution in [3.63, 3.8) is 0 Å². The minimum absolute atomic E-state index is 0.141. The quantitative estimate of drug-likeness (QED) is 0.560. The molecule has 0 aromatic heterocycles. The third kappa shape index (κ3) is 4.07. The second kappa shape index (κ2) is 5.98. The zero-order valence-corrected chi connectivity index (χ0v) is 8.75. The van der Waals surface area contributed by atoms with E-state index in [2.05, 4.69) is 10.6 Å². The van der Waals surface area contributed by atoms with Gasteiger partial charge < -0.3 is 15.7 Å². The largest absolute Gasteiger partial charge is 0.396 e. The van der Waals surface area contributed by atoms with Crippen LogP contribution in [0.1, 0.15) is 26.2 Å². The lowest BCUT2D eigenvalue weighted by atomic mass is 9.99. The summed E-state index contributed by atoms with van der Waals surface area (Å²) in [5, 5.41) is 14.7. The summed E-state index contributed by atoms with van der Waals surface area (Å²) in [6.45, 7) is 4.12. The maximum atomic E-state index is 11.4. The average Bonchev–Trinajstić information content (AvgIpc) is 2.08. The Morgan fingerprint density at radius 2 is 2.36 bits per heavy atom. The van der Waals surface area contributed by atoms with Crippen LogP contribution in [0.3, 0.4) is 0 Å². The lowest BCUT2D eigenvalue weighted by Crippen LogP contribution is -2.45. The molecule has 0 radical (unpaired) electrons. The van der Waals surface area contributed by atoms with Crippen molar-refractivity contribution in [2.45, 2.75) is 32.2 Å². The minimum Gasteiger partial charge on any atom is -0.396 e. The van der Waals surface area contributed by atoms with Gasteiger partial charge in [0.1, 0.15) is 0 Å². The molecule has 82 valence electrons. The molecule has 0 aliphatic carbocycles. The summed E-state index contributed by atoms with van der Waals surface area (Å²) in [6, 6.07) is 0.183. The number of amides is 1. The molecule has 0 aromatic carbocycles. The fraction of sp³-hybridized carbons (Fsp3) is 0.900. The Hall–Kier alpha value is -0.610. The van der Waals surface area contributed by atoms with Crippen LogP contribution in [0.2, 0.25) is 0 Å². The first kappa shape index (κ1) is 11.5. The predicted octanol–water partition coefficient (Wildman–Crippen LogP) is -0.127. The SMILES string of the molecule is CC(CCCO)NC(=O)CC1CNC1. The van der Waals surface area contributed by atoms with Crippen LogP contribution in [0.4, 0.5) is 0 Å². The van der Waals surface area contributed by atoms with Crippen molar-refractivity contribution in [1.82, 2.24) is 10.6 Å². The van der Waals surface area contributed by atoms with Crippen LogP contribution in [-0.4, -0.2) is 36.8 Å². The van der Waals surface area contributed by atoms with Crippen LogP contribution < -0.4 is 10.6 Å². The standard InChI is InChI=1S/C10H20N2O2/c1-8(3-2-4-13)12-10(14)5-9-6-11-7-9/h8-9,11,13H,2-7H2,1H3,(H,12,14). The van der Waals surface area contributed by atoms with Gasteiger partial charge in [0.2, 0.25) is 5.91 Å². The Balaban J connectivity index is 2.05. The summed E-state index contributed by atoms with van der Waals surface area (Å²) in [5.41, 5.74) is 0. The van der Waals surface area contributed by atoms with Gasteiger partial charge in [-0.25, -0.2) is 0 Å². The van der Waals surface area contributed by atoms with E-state index in [1.54, 1.807) is 0 Å². The molecule has 1 rings (SSSR count). The van der Waals surface area contributed by atoms with E-state index in [4.69, 9.17) is 5.11 Å². The van der Waals surface area contributed by atoms with Crippen LogP contribution in [0.5, 0.6) is 0 Å². The summed E-state index contributed by atoms with van der Waals surface area (Å²) < 4.78 is 0. The normalized spacial score (nSPS) is 18.7. The van der Waals surface area contributed by atoms with Crippen molar-refractivity contribution in [2.75, 3.05) is 19.7 Å². The number of hydrogen-bond acceptors (Lipinski definition) is 3. The molecule has 1 saturated heterocycles. The van der Waals surface area contributed by atoms with E-state index < -0.39 is 0 Å². The van der Waals surface area contributed by atoms with Gasteiger partial charge in [-0.05, 0) is 38.8 Å². The van der Waals surface area contributed by atoms with Crippen LogP contribution in [0, 0.1) is 5.92 Å². The summed E-state index contributed by atoms with van der Waals surface area (Å²) in [6.07, 6.45) is 2.24. The molecule has 1 amide bonds. The first-order chi connectivity index (χ1) is 6.72. The maximum Gasteiger partial charge on any atom is 0.220 e. The van der Waals surface area contributed by atoms with E-state index in [-0.39, 0.29) is 18.6 Å². The fourth-order valence-corrected chi connectivity index (χ4v) is 1.56. The second-order valence-corrected chi connectivity index (χ2v) is 4.06. The van der Waals surface area contributed by atoms with Gasteiger partial charge in [0.05, 0.1) is 0 Å². The second-order valence-electron chi connectivity index (χ2n) is 4.06. The number of carbonyl (C=O) groups excluding carboxylic acids is 1. The molecule has 0 spiro atoms. The highest BCUT2D eigenvalue weighted by atomic mass is 16.2. The first-order valence-electron chi connectivity index (χ1n) is 5.33. The molecule has 4 heteroatoms. The van der Waals surface area contributed by atoms with Crippen LogP contribution in [0.15, 0.2) is 0 Å². The number of carbonyl (C=O) groups is 1. The lowest BCUT2D eigenvalue weighted by Gasteiger charge is -2.27. The molecule has 0 bridgehead atoms. The summed E-state index contributed by atoms with van der Waals surface area (Å²) >= 11 is 0. The van der Waals surface area contributed by atoms with Gasteiger partial charge in [-0.15, -0.1) is 0 Å². The maximum absolute atomic E-state index is 11.4. The monoisotopic (exact) mass is 200 g/mol. The smallest absolute Gasteiger partial charge is 0.220 e. The highest BCUT2D eigenvalue weighted by molar-refractivity contribution is 5.76. The molecule has 0 saturated carbocycles. The third-order valence-corrected chi connectivity index (χ3v) is 2.54. The Kier molecular flexibility index (Phi) is 4.90. The molecule has 3 N–H and O–H groups in total. The predicted molar refractivity (Wildman–Crippen MR) is 54.9 cm³/mol. The molecular formula is C10H20N2O2. The van der Waals surface area contributed by atoms with Gasteiger partial charge in [0.15, 0.2) is 0 Å². The van der Waals surface area contributed by atoms with Crippen molar-refractivity contribution < 1.29 is 9.90 Å². The van der Waals surface area contributed by atoms with E-state index in [9.17, 15) is 4.79 Å². The topological polar surface area (TPSA) is 61.4 Å². The van der Waals surface area contributed by atoms with E-state index in [0.717, 1.165) is 25.9 Å². The number of hydrogen-bond donors (Lipinski definition) is 3. The van der Waals surface area contributed by atoms with E-state index in [0.29, 0.717) is 12.3 Å². The Labute approximate surface area is 85.1 Å². The number of aliphatic hydroxyl groups is 1. The summed E-state index contributed by atoms with van der Waals surface area (Å²) in [7, 11) is 0. The number of nitrogens with one attached hydrogen (secondary N) is 2. The van der Waals surface area contributed by atoms with Gasteiger partial charge in [-0.1, -0.05) is 0 Å². The van der Waals surface area contributed by atoms with Gasteiger partial charge in [0.25, 0.3) is 0 Å². The van der Waals surface area contributed by atoms with Gasteiger partial charge in [-0.2, -0.15) is 0 Å².